The molecule has 0 spiro atoms. The van der Waals surface area contributed by atoms with Crippen LogP contribution in [0.25, 0.3) is 0 Å². The van der Waals surface area contributed by atoms with Gasteiger partial charge in [0, 0.05) is 0 Å². The maximum Gasteiger partial charge on any atom is 0.314 e. The van der Waals surface area contributed by atoms with Crippen LogP contribution in [-0.2, 0) is 4.79 Å². The van der Waals surface area contributed by atoms with Crippen molar-refractivity contribution in [3.05, 3.63) is 22.3 Å². The number of carbonyl (C=O) groups is 1. The highest BCUT2D eigenvalue weighted by molar-refractivity contribution is 5.80. The molecule has 122 valence electrons. The van der Waals surface area contributed by atoms with Gasteiger partial charge in [-0.2, -0.15) is 0 Å². The molecule has 0 bridgehead atoms. The topological polar surface area (TPSA) is 37.3 Å². The Morgan fingerprint density at radius 3 is 2.41 bits per heavy atom. The predicted molar refractivity (Wildman–Crippen MR) is 89.6 cm³/mol. The molecular formula is C20H30O2. The van der Waals surface area contributed by atoms with E-state index in [0.717, 1.165) is 12.8 Å². The molecule has 0 amide bonds. The van der Waals surface area contributed by atoms with Crippen molar-refractivity contribution in [2.24, 2.45) is 23.2 Å². The Labute approximate surface area is 134 Å². The second kappa shape index (κ2) is 5.54. The van der Waals surface area contributed by atoms with Crippen molar-refractivity contribution in [1.29, 1.82) is 0 Å². The van der Waals surface area contributed by atoms with Gasteiger partial charge in [0.25, 0.3) is 0 Å². The van der Waals surface area contributed by atoms with Crippen LogP contribution < -0.4 is 0 Å². The Bertz CT molecular complexity index is 552. The number of allylic oxidation sites excluding steroid dienone is 3. The molecule has 2 heteroatoms. The molecule has 3 unspecified atom stereocenters. The standard InChI is InChI=1S/C20H30O2/c1-12(2)20(19(21)22)11-7-10-17-16-9-6-5-8-15(16)13(3)14(4)18(17)20/h12,16-17H,5-11H2,1-4H3,(H,21,22). The summed E-state index contributed by atoms with van der Waals surface area (Å²) in [5.41, 5.74) is 5.06. The highest BCUT2D eigenvalue weighted by Crippen LogP contribution is 2.58. The fraction of sp³-hybridized carbons (Fsp3) is 0.750. The molecule has 3 rings (SSSR count). The van der Waals surface area contributed by atoms with Gasteiger partial charge in [0.15, 0.2) is 0 Å². The largest absolute Gasteiger partial charge is 0.481 e. The van der Waals surface area contributed by atoms with Gasteiger partial charge in [-0.1, -0.05) is 32.3 Å². The number of rotatable bonds is 2. The van der Waals surface area contributed by atoms with E-state index in [2.05, 4.69) is 27.7 Å². The minimum absolute atomic E-state index is 0.163. The molecule has 3 aliphatic carbocycles. The molecule has 0 saturated heterocycles. The van der Waals surface area contributed by atoms with Crippen LogP contribution in [0.1, 0.15) is 72.6 Å². The quantitative estimate of drug-likeness (QED) is 0.746. The van der Waals surface area contributed by atoms with Gasteiger partial charge < -0.3 is 5.11 Å². The first-order valence-electron chi connectivity index (χ1n) is 9.06. The third-order valence-electron chi connectivity index (χ3n) is 6.90. The summed E-state index contributed by atoms with van der Waals surface area (Å²) in [6.07, 6.45) is 8.20. The van der Waals surface area contributed by atoms with E-state index in [-0.39, 0.29) is 5.92 Å². The molecule has 22 heavy (non-hydrogen) atoms. The van der Waals surface area contributed by atoms with Crippen molar-refractivity contribution >= 4 is 5.97 Å². The first-order chi connectivity index (χ1) is 10.4. The molecule has 0 radical (unpaired) electrons. The van der Waals surface area contributed by atoms with Gasteiger partial charge in [-0.25, -0.2) is 0 Å². The Kier molecular flexibility index (Phi) is 3.99. The number of carboxylic acids is 1. The number of hydrogen-bond acceptors (Lipinski definition) is 1. The van der Waals surface area contributed by atoms with Crippen LogP contribution in [0.5, 0.6) is 0 Å². The summed E-state index contributed by atoms with van der Waals surface area (Å²) in [5, 5.41) is 10.1. The lowest BCUT2D eigenvalue weighted by Crippen LogP contribution is -2.47. The smallest absolute Gasteiger partial charge is 0.314 e. The minimum Gasteiger partial charge on any atom is -0.481 e. The Morgan fingerprint density at radius 1 is 1.09 bits per heavy atom. The zero-order chi connectivity index (χ0) is 16.1. The summed E-state index contributed by atoms with van der Waals surface area (Å²) < 4.78 is 0. The fourth-order valence-electron chi connectivity index (χ4n) is 5.69. The summed E-state index contributed by atoms with van der Waals surface area (Å²) in [7, 11) is 0. The van der Waals surface area contributed by atoms with E-state index in [1.165, 1.54) is 48.8 Å². The van der Waals surface area contributed by atoms with Crippen molar-refractivity contribution < 1.29 is 9.90 Å². The zero-order valence-corrected chi connectivity index (χ0v) is 14.5. The van der Waals surface area contributed by atoms with Gasteiger partial charge in [-0.05, 0) is 80.4 Å². The highest BCUT2D eigenvalue weighted by Gasteiger charge is 2.53. The zero-order valence-electron chi connectivity index (χ0n) is 14.5. The van der Waals surface area contributed by atoms with E-state index in [1.54, 1.807) is 5.57 Å². The van der Waals surface area contributed by atoms with Crippen LogP contribution in [0.4, 0.5) is 0 Å². The maximum absolute atomic E-state index is 12.3. The van der Waals surface area contributed by atoms with Crippen LogP contribution in [0.2, 0.25) is 0 Å². The van der Waals surface area contributed by atoms with E-state index in [0.29, 0.717) is 11.8 Å². The SMILES string of the molecule is CC1=C2CCCCC2C2CCCC(C(=O)O)(C(C)C)C2=C1C. The van der Waals surface area contributed by atoms with Crippen LogP contribution in [0, 0.1) is 23.2 Å². The lowest BCUT2D eigenvalue weighted by molar-refractivity contribution is -0.151. The maximum atomic E-state index is 12.3. The molecule has 0 aromatic heterocycles. The van der Waals surface area contributed by atoms with Crippen LogP contribution in [0.3, 0.4) is 0 Å². The number of aliphatic carboxylic acids is 1. The normalized spacial score (nSPS) is 35.5. The van der Waals surface area contributed by atoms with Gasteiger partial charge in [0.05, 0.1) is 5.41 Å². The Morgan fingerprint density at radius 2 is 1.77 bits per heavy atom. The third kappa shape index (κ3) is 2.02. The number of hydrogen-bond donors (Lipinski definition) is 1. The first-order valence-corrected chi connectivity index (χ1v) is 9.06. The van der Waals surface area contributed by atoms with Crippen molar-refractivity contribution in [2.75, 3.05) is 0 Å². The average molecular weight is 302 g/mol. The number of fused-ring (bicyclic) bond motifs is 3. The van der Waals surface area contributed by atoms with Gasteiger partial charge in [-0.3, -0.25) is 4.79 Å². The summed E-state index contributed by atoms with van der Waals surface area (Å²) in [5.74, 6) is 0.695. The molecule has 1 N–H and O–H groups in total. The van der Waals surface area contributed by atoms with Crippen LogP contribution in [-0.4, -0.2) is 11.1 Å². The second-order valence-electron chi connectivity index (χ2n) is 7.97. The fourth-order valence-corrected chi connectivity index (χ4v) is 5.69. The molecule has 0 aliphatic heterocycles. The Hall–Kier alpha value is -1.05. The first kappa shape index (κ1) is 15.8. The molecule has 2 fully saturated rings. The summed E-state index contributed by atoms with van der Waals surface area (Å²) in [4.78, 5) is 12.3. The molecular weight excluding hydrogens is 272 g/mol. The van der Waals surface area contributed by atoms with Gasteiger partial charge in [0.2, 0.25) is 0 Å². The van der Waals surface area contributed by atoms with Crippen molar-refractivity contribution in [3.63, 3.8) is 0 Å². The third-order valence-corrected chi connectivity index (χ3v) is 6.90. The predicted octanol–water partition coefficient (Wildman–Crippen LogP) is 5.35. The molecule has 3 atom stereocenters. The lowest BCUT2D eigenvalue weighted by Gasteiger charge is -2.51. The summed E-state index contributed by atoms with van der Waals surface area (Å²) in [6, 6.07) is 0. The van der Waals surface area contributed by atoms with Crippen LogP contribution >= 0.6 is 0 Å². The van der Waals surface area contributed by atoms with Gasteiger partial charge in [-0.15, -0.1) is 0 Å². The summed E-state index contributed by atoms with van der Waals surface area (Å²) >= 11 is 0. The highest BCUT2D eigenvalue weighted by atomic mass is 16.4. The molecule has 0 heterocycles. The van der Waals surface area contributed by atoms with E-state index in [4.69, 9.17) is 0 Å². The minimum atomic E-state index is -0.628. The lowest BCUT2D eigenvalue weighted by atomic mass is 9.52. The number of carboxylic acid groups (broad SMARTS) is 1. The van der Waals surface area contributed by atoms with Gasteiger partial charge in [0.1, 0.15) is 0 Å². The molecule has 0 aromatic rings. The Balaban J connectivity index is 2.20. The van der Waals surface area contributed by atoms with E-state index >= 15 is 0 Å². The van der Waals surface area contributed by atoms with E-state index < -0.39 is 11.4 Å². The second-order valence-corrected chi connectivity index (χ2v) is 7.97. The molecule has 3 aliphatic rings. The molecule has 0 aromatic carbocycles. The van der Waals surface area contributed by atoms with Crippen molar-refractivity contribution in [1.82, 2.24) is 0 Å². The van der Waals surface area contributed by atoms with Crippen molar-refractivity contribution in [2.45, 2.75) is 72.6 Å². The van der Waals surface area contributed by atoms with Crippen LogP contribution in [0.15, 0.2) is 22.3 Å². The van der Waals surface area contributed by atoms with Crippen molar-refractivity contribution in [3.8, 4) is 0 Å². The molecule has 2 nitrogen and oxygen atoms in total. The summed E-state index contributed by atoms with van der Waals surface area (Å²) in [6.45, 7) is 8.65. The molecule has 2 saturated carbocycles. The van der Waals surface area contributed by atoms with E-state index in [1.807, 2.05) is 0 Å². The van der Waals surface area contributed by atoms with Gasteiger partial charge >= 0.3 is 5.97 Å². The monoisotopic (exact) mass is 302 g/mol. The average Bonchev–Trinajstić information content (AvgIpc) is 2.51. The van der Waals surface area contributed by atoms with E-state index in [9.17, 15) is 9.90 Å².